The zero-order valence-electron chi connectivity index (χ0n) is 7.46. The van der Waals surface area contributed by atoms with E-state index >= 15 is 0 Å². The first-order valence-corrected chi connectivity index (χ1v) is 4.55. The van der Waals surface area contributed by atoms with Gasteiger partial charge in [0.05, 0.1) is 17.4 Å². The van der Waals surface area contributed by atoms with Gasteiger partial charge >= 0.3 is 0 Å². The van der Waals surface area contributed by atoms with E-state index in [1.54, 1.807) is 6.33 Å². The normalized spacial score (nSPS) is 14.5. The summed E-state index contributed by atoms with van der Waals surface area (Å²) >= 11 is 0. The van der Waals surface area contributed by atoms with Crippen molar-refractivity contribution >= 4 is 11.0 Å². The molecule has 1 aromatic carbocycles. The Kier molecular flexibility index (Phi) is 2.57. The Balaban J connectivity index is 0.000000137. The molecule has 1 fully saturated rings. The molecule has 0 radical (unpaired) electrons. The Morgan fingerprint density at radius 3 is 2.46 bits per heavy atom. The minimum Gasteiger partial charge on any atom is -0.345 e. The van der Waals surface area contributed by atoms with E-state index in [2.05, 4.69) is 15.3 Å². The molecule has 0 unspecified atom stereocenters. The Morgan fingerprint density at radius 1 is 1.15 bits per heavy atom. The third-order valence-electron chi connectivity index (χ3n) is 2.03. The van der Waals surface area contributed by atoms with Gasteiger partial charge in [0.2, 0.25) is 0 Å². The van der Waals surface area contributed by atoms with Crippen molar-refractivity contribution in [2.24, 2.45) is 0 Å². The second kappa shape index (κ2) is 4.05. The molecule has 0 spiro atoms. The van der Waals surface area contributed by atoms with E-state index in [9.17, 15) is 0 Å². The molecule has 13 heavy (non-hydrogen) atoms. The Labute approximate surface area is 77.2 Å². The van der Waals surface area contributed by atoms with Gasteiger partial charge in [0.15, 0.2) is 0 Å². The van der Waals surface area contributed by atoms with Gasteiger partial charge in [0.25, 0.3) is 0 Å². The summed E-state index contributed by atoms with van der Waals surface area (Å²) in [5.41, 5.74) is 2.12. The molecule has 0 atom stereocenters. The lowest BCUT2D eigenvalue weighted by molar-refractivity contribution is 0.527. The Hall–Kier alpha value is -1.35. The minimum absolute atomic E-state index is 1.03. The number of aromatic nitrogens is 2. The molecule has 3 heteroatoms. The average molecular weight is 175 g/mol. The molecule has 0 bridgehead atoms. The van der Waals surface area contributed by atoms with E-state index < -0.39 is 0 Å². The van der Waals surface area contributed by atoms with Crippen LogP contribution < -0.4 is 5.32 Å². The lowest BCUT2D eigenvalue weighted by atomic mass is 10.3. The summed E-state index contributed by atoms with van der Waals surface area (Å²) < 4.78 is 0. The molecule has 3 rings (SSSR count). The molecule has 3 nitrogen and oxygen atoms in total. The van der Waals surface area contributed by atoms with E-state index in [0.29, 0.717) is 0 Å². The lowest BCUT2D eigenvalue weighted by Crippen LogP contribution is -2.29. The summed E-state index contributed by atoms with van der Waals surface area (Å²) in [7, 11) is 0. The highest BCUT2D eigenvalue weighted by Crippen LogP contribution is 2.05. The Morgan fingerprint density at radius 2 is 1.85 bits per heavy atom. The molecular weight excluding hydrogens is 162 g/mol. The molecule has 1 aliphatic heterocycles. The summed E-state index contributed by atoms with van der Waals surface area (Å²) in [4.78, 5) is 7.07. The number of H-pyrrole nitrogens is 1. The third kappa shape index (κ3) is 2.06. The summed E-state index contributed by atoms with van der Waals surface area (Å²) in [6.07, 6.45) is 3.09. The number of fused-ring (bicyclic) bond motifs is 1. The second-order valence-corrected chi connectivity index (χ2v) is 3.02. The number of nitrogens with one attached hydrogen (secondary N) is 2. The highest BCUT2D eigenvalue weighted by molar-refractivity contribution is 5.73. The maximum absolute atomic E-state index is 4.06. The van der Waals surface area contributed by atoms with Gasteiger partial charge in [-0.15, -0.1) is 0 Å². The number of imidazole rings is 1. The van der Waals surface area contributed by atoms with Crippen LogP contribution in [0.1, 0.15) is 6.42 Å². The van der Waals surface area contributed by atoms with Crippen molar-refractivity contribution < 1.29 is 0 Å². The first-order chi connectivity index (χ1) is 6.47. The van der Waals surface area contributed by atoms with Crippen molar-refractivity contribution in [1.29, 1.82) is 0 Å². The highest BCUT2D eigenvalue weighted by Gasteiger charge is 1.92. The van der Waals surface area contributed by atoms with Gasteiger partial charge in [-0.1, -0.05) is 12.1 Å². The van der Waals surface area contributed by atoms with Crippen LogP contribution in [0.5, 0.6) is 0 Å². The van der Waals surface area contributed by atoms with Crippen LogP contribution in [0.25, 0.3) is 11.0 Å². The summed E-state index contributed by atoms with van der Waals surface area (Å²) in [5.74, 6) is 0. The predicted molar refractivity (Wildman–Crippen MR) is 53.6 cm³/mol. The number of para-hydroxylation sites is 2. The largest absolute Gasteiger partial charge is 0.345 e. The maximum atomic E-state index is 4.06. The van der Waals surface area contributed by atoms with Crippen LogP contribution in [0.2, 0.25) is 0 Å². The van der Waals surface area contributed by atoms with Gasteiger partial charge in [0.1, 0.15) is 0 Å². The average Bonchev–Trinajstić information content (AvgIpc) is 2.47. The topological polar surface area (TPSA) is 40.7 Å². The predicted octanol–water partition coefficient (Wildman–Crippen LogP) is 1.54. The number of nitrogens with zero attached hydrogens (tertiary/aromatic N) is 1. The minimum atomic E-state index is 1.03. The van der Waals surface area contributed by atoms with Crippen LogP contribution in [-0.4, -0.2) is 23.1 Å². The van der Waals surface area contributed by atoms with Crippen LogP contribution in [0.4, 0.5) is 0 Å². The molecule has 0 saturated carbocycles. The molecule has 1 saturated heterocycles. The van der Waals surface area contributed by atoms with Crippen LogP contribution in [-0.2, 0) is 0 Å². The van der Waals surface area contributed by atoms with Gasteiger partial charge in [-0.05, 0) is 31.6 Å². The lowest BCUT2D eigenvalue weighted by Gasteiger charge is -2.09. The molecule has 2 aromatic rings. The van der Waals surface area contributed by atoms with Crippen molar-refractivity contribution in [1.82, 2.24) is 15.3 Å². The van der Waals surface area contributed by atoms with Gasteiger partial charge in [-0.25, -0.2) is 4.98 Å². The first-order valence-electron chi connectivity index (χ1n) is 4.55. The third-order valence-corrected chi connectivity index (χ3v) is 2.03. The van der Waals surface area contributed by atoms with Crippen LogP contribution in [0.15, 0.2) is 30.6 Å². The molecule has 68 valence electrons. The zero-order valence-corrected chi connectivity index (χ0v) is 7.46. The molecule has 0 aliphatic carbocycles. The van der Waals surface area contributed by atoms with Crippen LogP contribution >= 0.6 is 0 Å². The number of hydrogen-bond donors (Lipinski definition) is 2. The summed E-state index contributed by atoms with van der Waals surface area (Å²) in [6.45, 7) is 2.50. The zero-order chi connectivity index (χ0) is 8.93. The number of hydrogen-bond acceptors (Lipinski definition) is 2. The molecule has 1 aromatic heterocycles. The highest BCUT2D eigenvalue weighted by atomic mass is 14.9. The number of aromatic amines is 1. The first kappa shape index (κ1) is 8.26. The monoisotopic (exact) mass is 175 g/mol. The van der Waals surface area contributed by atoms with E-state index in [4.69, 9.17) is 0 Å². The standard InChI is InChI=1S/C7H6N2.C3H7N/c1-2-4-7-6(3-1)8-5-9-7;1-2-4-3-1/h1-5H,(H,8,9);4H,1-3H2. The van der Waals surface area contributed by atoms with Crippen molar-refractivity contribution in [2.45, 2.75) is 6.42 Å². The fraction of sp³-hybridized carbons (Fsp3) is 0.300. The Bertz CT molecular complexity index is 329. The maximum Gasteiger partial charge on any atom is 0.0931 e. The smallest absolute Gasteiger partial charge is 0.0931 e. The summed E-state index contributed by atoms with van der Waals surface area (Å²) in [5, 5.41) is 3.11. The van der Waals surface area contributed by atoms with Gasteiger partial charge in [-0.2, -0.15) is 0 Å². The van der Waals surface area contributed by atoms with Crippen molar-refractivity contribution in [3.05, 3.63) is 30.6 Å². The molecular formula is C10H13N3. The van der Waals surface area contributed by atoms with Crippen LogP contribution in [0.3, 0.4) is 0 Å². The SMILES string of the molecule is C1CNC1.c1ccc2[nH]cnc2c1. The van der Waals surface area contributed by atoms with E-state index in [-0.39, 0.29) is 0 Å². The van der Waals surface area contributed by atoms with Gasteiger partial charge in [-0.3, -0.25) is 0 Å². The van der Waals surface area contributed by atoms with Crippen molar-refractivity contribution in [2.75, 3.05) is 13.1 Å². The molecule has 2 heterocycles. The van der Waals surface area contributed by atoms with Gasteiger partial charge in [0, 0.05) is 0 Å². The second-order valence-electron chi connectivity index (χ2n) is 3.02. The molecule has 0 amide bonds. The molecule has 2 N–H and O–H groups in total. The summed E-state index contributed by atoms with van der Waals surface area (Å²) in [6, 6.07) is 7.94. The fourth-order valence-corrected chi connectivity index (χ4v) is 1.06. The van der Waals surface area contributed by atoms with E-state index in [1.165, 1.54) is 19.5 Å². The van der Waals surface area contributed by atoms with Crippen molar-refractivity contribution in [3.8, 4) is 0 Å². The van der Waals surface area contributed by atoms with Crippen molar-refractivity contribution in [3.63, 3.8) is 0 Å². The number of rotatable bonds is 0. The fourth-order valence-electron chi connectivity index (χ4n) is 1.06. The number of benzene rings is 1. The van der Waals surface area contributed by atoms with E-state index in [0.717, 1.165) is 11.0 Å². The molecule has 1 aliphatic rings. The van der Waals surface area contributed by atoms with E-state index in [1.807, 2.05) is 24.3 Å². The van der Waals surface area contributed by atoms with Gasteiger partial charge < -0.3 is 10.3 Å². The van der Waals surface area contributed by atoms with Crippen LogP contribution in [0, 0.1) is 0 Å². The quantitative estimate of drug-likeness (QED) is 0.637.